The fraction of sp³-hybridized carbons (Fsp3) is 0.100. The van der Waals surface area contributed by atoms with E-state index in [-0.39, 0.29) is 48.8 Å². The summed E-state index contributed by atoms with van der Waals surface area (Å²) < 4.78 is 26.6. The predicted octanol–water partition coefficient (Wildman–Crippen LogP) is 6.35. The van der Waals surface area contributed by atoms with E-state index in [1.807, 2.05) is 36.4 Å². The van der Waals surface area contributed by atoms with Gasteiger partial charge >= 0.3 is 0 Å². The lowest BCUT2D eigenvalue weighted by molar-refractivity contribution is 0.0730. The summed E-state index contributed by atoms with van der Waals surface area (Å²) in [4.78, 5) is 32.3. The van der Waals surface area contributed by atoms with E-state index in [4.69, 9.17) is 0 Å². The van der Waals surface area contributed by atoms with Crippen molar-refractivity contribution in [1.82, 2.24) is 15.2 Å². The fourth-order valence-electron chi connectivity index (χ4n) is 4.04. The number of hydrogen-bond acceptors (Lipinski definition) is 4. The van der Waals surface area contributed by atoms with Crippen LogP contribution in [0.15, 0.2) is 96.4 Å². The molecule has 0 saturated heterocycles. The summed E-state index contributed by atoms with van der Waals surface area (Å²) in [7, 11) is 0. The summed E-state index contributed by atoms with van der Waals surface area (Å²) in [5.74, 6) is -1.25. The van der Waals surface area contributed by atoms with Crippen LogP contribution in [0.5, 0.6) is 0 Å². The third-order valence-corrected chi connectivity index (χ3v) is 6.88. The smallest absolute Gasteiger partial charge is 0.271 e. The maximum absolute atomic E-state index is 13.6. The van der Waals surface area contributed by atoms with E-state index in [9.17, 15) is 18.4 Å². The van der Waals surface area contributed by atoms with Crippen molar-refractivity contribution in [2.24, 2.45) is 0 Å². The number of hydrogen-bond donors (Lipinski definition) is 1. The Morgan fingerprint density at radius 3 is 2.16 bits per heavy atom. The first kappa shape index (κ1) is 25.2. The van der Waals surface area contributed by atoms with Crippen LogP contribution in [0, 0.1) is 11.6 Å². The van der Waals surface area contributed by atoms with Crippen LogP contribution in [-0.4, -0.2) is 21.7 Å². The van der Waals surface area contributed by atoms with Crippen molar-refractivity contribution < 1.29 is 18.4 Å². The minimum Gasteiger partial charge on any atom is -0.347 e. The number of nitrogens with zero attached hydrogens (tertiary/aromatic N) is 2. The normalized spacial score (nSPS) is 10.9. The molecule has 5 aromatic rings. The van der Waals surface area contributed by atoms with Crippen molar-refractivity contribution >= 4 is 33.9 Å². The highest BCUT2D eigenvalue weighted by Crippen LogP contribution is 2.21. The molecule has 0 aliphatic rings. The Morgan fingerprint density at radius 1 is 0.789 bits per heavy atom. The van der Waals surface area contributed by atoms with E-state index in [1.54, 1.807) is 40.6 Å². The Hall–Kier alpha value is -4.43. The molecule has 1 N–H and O–H groups in total. The van der Waals surface area contributed by atoms with Crippen LogP contribution >= 0.6 is 11.3 Å². The minimum absolute atomic E-state index is 0.180. The molecule has 0 aliphatic heterocycles. The van der Waals surface area contributed by atoms with Gasteiger partial charge in [-0.25, -0.2) is 13.8 Å². The Labute approximate surface area is 222 Å². The van der Waals surface area contributed by atoms with Crippen LogP contribution in [0.4, 0.5) is 8.78 Å². The van der Waals surface area contributed by atoms with Gasteiger partial charge in [0.1, 0.15) is 22.3 Å². The lowest BCUT2D eigenvalue weighted by Gasteiger charge is -2.22. The molecular weight excluding hydrogens is 504 g/mol. The molecule has 5 rings (SSSR count). The number of rotatable bonds is 8. The number of amides is 2. The summed E-state index contributed by atoms with van der Waals surface area (Å²) in [5.41, 5.74) is 2.31. The van der Waals surface area contributed by atoms with Gasteiger partial charge in [-0.05, 0) is 58.3 Å². The molecule has 1 heterocycles. The van der Waals surface area contributed by atoms with Gasteiger partial charge in [0.15, 0.2) is 0 Å². The zero-order valence-electron chi connectivity index (χ0n) is 20.2. The second kappa shape index (κ2) is 11.3. The lowest BCUT2D eigenvalue weighted by atomic mass is 10.1. The number of thiazole rings is 1. The molecule has 0 saturated carbocycles. The van der Waals surface area contributed by atoms with Crippen LogP contribution in [0.2, 0.25) is 0 Å². The third-order valence-electron chi connectivity index (χ3n) is 6.05. The van der Waals surface area contributed by atoms with Crippen molar-refractivity contribution in [3.63, 3.8) is 0 Å². The van der Waals surface area contributed by atoms with Crippen molar-refractivity contribution in [2.75, 3.05) is 0 Å². The molecule has 38 heavy (non-hydrogen) atoms. The highest BCUT2D eigenvalue weighted by molar-refractivity contribution is 7.09. The fourth-order valence-corrected chi connectivity index (χ4v) is 4.83. The number of halogens is 2. The van der Waals surface area contributed by atoms with Gasteiger partial charge in [0.05, 0.1) is 6.54 Å². The summed E-state index contributed by atoms with van der Waals surface area (Å²) in [6.07, 6.45) is 0. The molecule has 190 valence electrons. The maximum atomic E-state index is 13.6. The highest BCUT2D eigenvalue weighted by atomic mass is 32.1. The molecular formula is C30H23F2N3O2S. The summed E-state index contributed by atoms with van der Waals surface area (Å²) in [6.45, 7) is 0.666. The number of nitrogens with one attached hydrogen (secondary N) is 1. The molecule has 4 aromatic carbocycles. The van der Waals surface area contributed by atoms with Gasteiger partial charge in [0.2, 0.25) is 0 Å². The van der Waals surface area contributed by atoms with Crippen LogP contribution in [-0.2, 0) is 19.6 Å². The standard InChI is InChI=1S/C30H23F2N3O2S/c31-25-11-5-20(6-12-25)16-33-29(36)27-19-38-28(34-27)18-35(17-21-7-13-26(32)14-8-21)30(37)24-10-9-22-3-1-2-4-23(22)15-24/h1-15,19H,16-18H2,(H,33,36). The van der Waals surface area contributed by atoms with E-state index < -0.39 is 0 Å². The van der Waals surface area contributed by atoms with Crippen molar-refractivity contribution in [3.8, 4) is 0 Å². The number of carbonyl (C=O) groups is 2. The first-order valence-electron chi connectivity index (χ1n) is 11.9. The maximum Gasteiger partial charge on any atom is 0.271 e. The van der Waals surface area contributed by atoms with E-state index in [2.05, 4.69) is 10.3 Å². The van der Waals surface area contributed by atoms with Crippen molar-refractivity contribution in [3.05, 3.63) is 135 Å². The predicted molar refractivity (Wildman–Crippen MR) is 144 cm³/mol. The summed E-state index contributed by atoms with van der Waals surface area (Å²) >= 11 is 1.28. The van der Waals surface area contributed by atoms with Crippen LogP contribution in [0.3, 0.4) is 0 Å². The second-order valence-electron chi connectivity index (χ2n) is 8.79. The highest BCUT2D eigenvalue weighted by Gasteiger charge is 2.20. The summed E-state index contributed by atoms with van der Waals surface area (Å²) in [6, 6.07) is 25.3. The van der Waals surface area contributed by atoms with E-state index in [0.717, 1.165) is 21.9 Å². The molecule has 0 aliphatic carbocycles. The van der Waals surface area contributed by atoms with Crippen LogP contribution < -0.4 is 5.32 Å². The average molecular weight is 528 g/mol. The monoisotopic (exact) mass is 527 g/mol. The van der Waals surface area contributed by atoms with E-state index in [0.29, 0.717) is 10.6 Å². The molecule has 0 fully saturated rings. The number of aromatic nitrogens is 1. The van der Waals surface area contributed by atoms with E-state index >= 15 is 0 Å². The van der Waals surface area contributed by atoms with Gasteiger partial charge in [0, 0.05) is 24.0 Å². The largest absolute Gasteiger partial charge is 0.347 e. The van der Waals surface area contributed by atoms with Gasteiger partial charge in [0.25, 0.3) is 11.8 Å². The molecule has 1 aromatic heterocycles. The number of benzene rings is 4. The average Bonchev–Trinajstić information content (AvgIpc) is 3.41. The Balaban J connectivity index is 1.33. The molecule has 0 bridgehead atoms. The topological polar surface area (TPSA) is 62.3 Å². The molecule has 2 amide bonds. The van der Waals surface area contributed by atoms with Gasteiger partial charge in [-0.2, -0.15) is 0 Å². The second-order valence-corrected chi connectivity index (χ2v) is 9.73. The first-order chi connectivity index (χ1) is 18.4. The zero-order chi connectivity index (χ0) is 26.5. The number of fused-ring (bicyclic) bond motifs is 1. The molecule has 0 spiro atoms. The number of carbonyl (C=O) groups excluding carboxylic acids is 2. The van der Waals surface area contributed by atoms with E-state index in [1.165, 1.54) is 35.6 Å². The third kappa shape index (κ3) is 6.10. The Morgan fingerprint density at radius 2 is 1.45 bits per heavy atom. The van der Waals surface area contributed by atoms with Crippen molar-refractivity contribution in [2.45, 2.75) is 19.6 Å². The lowest BCUT2D eigenvalue weighted by Crippen LogP contribution is -2.30. The van der Waals surface area contributed by atoms with Crippen molar-refractivity contribution in [1.29, 1.82) is 0 Å². The van der Waals surface area contributed by atoms with Crippen LogP contribution in [0.25, 0.3) is 10.8 Å². The first-order valence-corrected chi connectivity index (χ1v) is 12.8. The van der Waals surface area contributed by atoms with Gasteiger partial charge in [-0.1, -0.05) is 54.6 Å². The molecule has 8 heteroatoms. The van der Waals surface area contributed by atoms with Gasteiger partial charge in [-0.15, -0.1) is 11.3 Å². The molecule has 5 nitrogen and oxygen atoms in total. The van der Waals surface area contributed by atoms with Gasteiger partial charge in [-0.3, -0.25) is 9.59 Å². The SMILES string of the molecule is O=C(NCc1ccc(F)cc1)c1csc(CN(Cc2ccc(F)cc2)C(=O)c2ccc3ccccc3c2)n1. The molecule has 0 atom stereocenters. The summed E-state index contributed by atoms with van der Waals surface area (Å²) in [5, 5.41) is 7.00. The van der Waals surface area contributed by atoms with Crippen LogP contribution in [0.1, 0.15) is 37.0 Å². The quantitative estimate of drug-likeness (QED) is 0.256. The minimum atomic E-state index is -0.359. The Kier molecular flexibility index (Phi) is 7.51. The Bertz CT molecular complexity index is 1580. The van der Waals surface area contributed by atoms with Gasteiger partial charge < -0.3 is 10.2 Å². The zero-order valence-corrected chi connectivity index (χ0v) is 21.1. The molecule has 0 unspecified atom stereocenters. The molecule has 0 radical (unpaired) electrons.